The molecule has 12 heavy (non-hydrogen) atoms. The van der Waals surface area contributed by atoms with Crippen molar-refractivity contribution in [2.75, 3.05) is 6.54 Å². The molecule has 0 bridgehead atoms. The fourth-order valence-electron chi connectivity index (χ4n) is 0.999. The fraction of sp³-hybridized carbons (Fsp3) is 0.714. The van der Waals surface area contributed by atoms with Crippen molar-refractivity contribution in [3.8, 4) is 0 Å². The number of halogens is 1. The number of alkyl halides is 1. The predicted molar refractivity (Wildman–Crippen MR) is 43.3 cm³/mol. The monoisotopic (exact) mass is 172 g/mol. The molecule has 1 rings (SSSR count). The summed E-state index contributed by atoms with van der Waals surface area (Å²) in [4.78, 5) is 0. The molecular weight excluding hydrogens is 159 g/mol. The Morgan fingerprint density at radius 1 is 1.75 bits per heavy atom. The average molecular weight is 172 g/mol. The smallest absolute Gasteiger partial charge is 0.107 e. The van der Waals surface area contributed by atoms with E-state index in [1.165, 1.54) is 0 Å². The maximum atomic E-state index is 12.9. The highest BCUT2D eigenvalue weighted by molar-refractivity contribution is 4.93. The minimum Gasteiger partial charge on any atom is -0.330 e. The molecule has 1 aromatic rings. The lowest BCUT2D eigenvalue weighted by Crippen LogP contribution is -2.11. The van der Waals surface area contributed by atoms with Crippen LogP contribution in [0.1, 0.15) is 12.1 Å². The van der Waals surface area contributed by atoms with Crippen LogP contribution >= 0.6 is 0 Å². The first kappa shape index (κ1) is 9.12. The number of nitrogens with zero attached hydrogens (tertiary/aromatic N) is 3. The Hall–Kier alpha value is -0.970. The van der Waals surface area contributed by atoms with Crippen LogP contribution in [0.3, 0.4) is 0 Å². The van der Waals surface area contributed by atoms with Crippen molar-refractivity contribution in [1.29, 1.82) is 0 Å². The number of rotatable bonds is 4. The van der Waals surface area contributed by atoms with Crippen LogP contribution in [0, 0.1) is 0 Å². The third kappa shape index (κ3) is 2.58. The second-order valence-electron chi connectivity index (χ2n) is 2.76. The van der Waals surface area contributed by atoms with Crippen molar-refractivity contribution in [1.82, 2.24) is 15.0 Å². The number of nitrogens with two attached hydrogens (primary N) is 1. The van der Waals surface area contributed by atoms with Crippen molar-refractivity contribution in [2.24, 2.45) is 12.8 Å². The predicted octanol–water partition coefficient (Wildman–Crippen LogP) is 0.0445. The van der Waals surface area contributed by atoms with Gasteiger partial charge in [-0.15, -0.1) is 5.10 Å². The quantitative estimate of drug-likeness (QED) is 0.697. The summed E-state index contributed by atoms with van der Waals surface area (Å²) in [5, 5.41) is 7.47. The van der Waals surface area contributed by atoms with E-state index in [-0.39, 0.29) is 0 Å². The topological polar surface area (TPSA) is 56.7 Å². The van der Waals surface area contributed by atoms with Gasteiger partial charge < -0.3 is 5.73 Å². The standard InChI is InChI=1S/C7H13FN4/c1-12-5-7(10-11-12)4-6(8)2-3-9/h5-6H,2-4,9H2,1H3. The van der Waals surface area contributed by atoms with Crippen LogP contribution in [0.25, 0.3) is 0 Å². The highest BCUT2D eigenvalue weighted by Crippen LogP contribution is 2.04. The highest BCUT2D eigenvalue weighted by Gasteiger charge is 2.08. The van der Waals surface area contributed by atoms with E-state index in [1.54, 1.807) is 17.9 Å². The van der Waals surface area contributed by atoms with Crippen molar-refractivity contribution in [3.05, 3.63) is 11.9 Å². The Morgan fingerprint density at radius 2 is 2.50 bits per heavy atom. The van der Waals surface area contributed by atoms with Crippen LogP contribution in [-0.4, -0.2) is 27.7 Å². The molecule has 68 valence electrons. The molecule has 0 spiro atoms. The number of aryl methyl sites for hydroxylation is 1. The Balaban J connectivity index is 2.41. The van der Waals surface area contributed by atoms with Gasteiger partial charge in [-0.1, -0.05) is 5.21 Å². The lowest BCUT2D eigenvalue weighted by Gasteiger charge is -2.01. The molecule has 0 aliphatic carbocycles. The molecule has 5 heteroatoms. The lowest BCUT2D eigenvalue weighted by molar-refractivity contribution is 0.314. The Bertz CT molecular complexity index is 235. The summed E-state index contributed by atoms with van der Waals surface area (Å²) in [5.74, 6) is 0. The van der Waals surface area contributed by atoms with Crippen molar-refractivity contribution >= 4 is 0 Å². The number of aromatic nitrogens is 3. The normalized spacial score (nSPS) is 13.2. The molecule has 0 amide bonds. The van der Waals surface area contributed by atoms with E-state index in [4.69, 9.17) is 5.73 Å². The van der Waals surface area contributed by atoms with E-state index in [9.17, 15) is 4.39 Å². The van der Waals surface area contributed by atoms with E-state index in [1.807, 2.05) is 0 Å². The molecule has 1 unspecified atom stereocenters. The summed E-state index contributed by atoms with van der Waals surface area (Å²) < 4.78 is 14.5. The zero-order chi connectivity index (χ0) is 8.97. The average Bonchev–Trinajstić information content (AvgIpc) is 2.36. The van der Waals surface area contributed by atoms with Gasteiger partial charge in [0.25, 0.3) is 0 Å². The molecule has 0 aromatic carbocycles. The maximum Gasteiger partial charge on any atom is 0.107 e. The van der Waals surface area contributed by atoms with Gasteiger partial charge in [-0.05, 0) is 13.0 Å². The van der Waals surface area contributed by atoms with Gasteiger partial charge >= 0.3 is 0 Å². The Morgan fingerprint density at radius 3 is 3.00 bits per heavy atom. The van der Waals surface area contributed by atoms with Crippen molar-refractivity contribution in [3.63, 3.8) is 0 Å². The van der Waals surface area contributed by atoms with Gasteiger partial charge in [0.15, 0.2) is 0 Å². The molecule has 0 saturated carbocycles. The van der Waals surface area contributed by atoms with Crippen molar-refractivity contribution in [2.45, 2.75) is 19.0 Å². The minimum absolute atomic E-state index is 0.311. The molecule has 1 atom stereocenters. The molecule has 0 radical (unpaired) electrons. The summed E-state index contributed by atoms with van der Waals surface area (Å²) in [6, 6.07) is 0. The summed E-state index contributed by atoms with van der Waals surface area (Å²) in [6.45, 7) is 0.376. The van der Waals surface area contributed by atoms with Gasteiger partial charge in [0.05, 0.1) is 5.69 Å². The van der Waals surface area contributed by atoms with Crippen LogP contribution < -0.4 is 5.73 Å². The molecule has 4 nitrogen and oxygen atoms in total. The van der Waals surface area contributed by atoms with Gasteiger partial charge in [-0.3, -0.25) is 4.68 Å². The Labute approximate surface area is 70.6 Å². The first-order chi connectivity index (χ1) is 5.72. The number of hydrogen-bond acceptors (Lipinski definition) is 3. The highest BCUT2D eigenvalue weighted by atomic mass is 19.1. The molecule has 0 aliphatic rings. The second-order valence-corrected chi connectivity index (χ2v) is 2.76. The van der Waals surface area contributed by atoms with Crippen LogP contribution in [0.5, 0.6) is 0 Å². The molecule has 2 N–H and O–H groups in total. The third-order valence-electron chi connectivity index (χ3n) is 1.56. The van der Waals surface area contributed by atoms with Gasteiger partial charge in [-0.25, -0.2) is 4.39 Å². The van der Waals surface area contributed by atoms with Crippen molar-refractivity contribution < 1.29 is 4.39 Å². The first-order valence-corrected chi connectivity index (χ1v) is 3.91. The van der Waals surface area contributed by atoms with Gasteiger partial charge in [-0.2, -0.15) is 0 Å². The molecule has 0 saturated heterocycles. The summed E-state index contributed by atoms with van der Waals surface area (Å²) in [6.07, 6.45) is 1.51. The van der Waals surface area contributed by atoms with Gasteiger partial charge in [0.1, 0.15) is 6.17 Å². The van der Waals surface area contributed by atoms with E-state index >= 15 is 0 Å². The Kier molecular flexibility index (Phi) is 3.16. The third-order valence-corrected chi connectivity index (χ3v) is 1.56. The molecule has 0 aliphatic heterocycles. The van der Waals surface area contributed by atoms with Gasteiger partial charge in [0.2, 0.25) is 0 Å². The SMILES string of the molecule is Cn1cc(CC(F)CCN)nn1. The van der Waals surface area contributed by atoms with Crippen LogP contribution in [0.15, 0.2) is 6.20 Å². The molecular formula is C7H13FN4. The lowest BCUT2D eigenvalue weighted by atomic mass is 10.2. The van der Waals surface area contributed by atoms with E-state index < -0.39 is 6.17 Å². The zero-order valence-corrected chi connectivity index (χ0v) is 7.07. The summed E-state index contributed by atoms with van der Waals surface area (Å²) in [5.41, 5.74) is 5.89. The van der Waals surface area contributed by atoms with E-state index in [0.29, 0.717) is 25.1 Å². The first-order valence-electron chi connectivity index (χ1n) is 3.91. The number of hydrogen-bond donors (Lipinski definition) is 1. The maximum absolute atomic E-state index is 12.9. The van der Waals surface area contributed by atoms with Crippen LogP contribution in [0.2, 0.25) is 0 Å². The minimum atomic E-state index is -0.897. The largest absolute Gasteiger partial charge is 0.330 e. The second kappa shape index (κ2) is 4.15. The summed E-state index contributed by atoms with van der Waals surface area (Å²) in [7, 11) is 1.76. The van der Waals surface area contributed by atoms with Crippen LogP contribution in [-0.2, 0) is 13.5 Å². The van der Waals surface area contributed by atoms with E-state index in [0.717, 1.165) is 0 Å². The zero-order valence-electron chi connectivity index (χ0n) is 7.07. The fourth-order valence-corrected chi connectivity index (χ4v) is 0.999. The van der Waals surface area contributed by atoms with E-state index in [2.05, 4.69) is 10.3 Å². The summed E-state index contributed by atoms with van der Waals surface area (Å²) >= 11 is 0. The molecule has 0 fully saturated rings. The van der Waals surface area contributed by atoms with Crippen LogP contribution in [0.4, 0.5) is 4.39 Å². The molecule has 1 heterocycles. The molecule has 1 aromatic heterocycles. The van der Waals surface area contributed by atoms with Gasteiger partial charge in [0, 0.05) is 19.7 Å².